The minimum atomic E-state index is 0.336. The molecule has 1 atom stereocenters. The van der Waals surface area contributed by atoms with Crippen LogP contribution >= 0.6 is 0 Å². The molecule has 1 unspecified atom stereocenters. The normalized spacial score (nSPS) is 21.9. The Balaban J connectivity index is 2.07. The summed E-state index contributed by atoms with van der Waals surface area (Å²) in [6, 6.07) is 0. The van der Waals surface area contributed by atoms with Gasteiger partial charge in [0.1, 0.15) is 0 Å². The summed E-state index contributed by atoms with van der Waals surface area (Å²) in [5.41, 5.74) is 0. The van der Waals surface area contributed by atoms with E-state index in [9.17, 15) is 0 Å². The summed E-state index contributed by atoms with van der Waals surface area (Å²) >= 11 is 0. The van der Waals surface area contributed by atoms with Crippen LogP contribution < -0.4 is 0 Å². The molecule has 1 heterocycles. The Bertz CT molecular complexity index is 141. The molecule has 2 nitrogen and oxygen atoms in total. The standard InChI is InChI=1S/C11H23NO/c1-9(2)11-7-12(8-11)6-10(3)4-5-13/h9-11,13H,4-8H2,1-3H3. The largest absolute Gasteiger partial charge is 0.396 e. The lowest BCUT2D eigenvalue weighted by molar-refractivity contribution is 0.0519. The Hall–Kier alpha value is -0.0800. The molecule has 1 aliphatic heterocycles. The summed E-state index contributed by atoms with van der Waals surface area (Å²) in [5.74, 6) is 2.41. The van der Waals surface area contributed by atoms with E-state index in [1.54, 1.807) is 0 Å². The second kappa shape index (κ2) is 4.97. The van der Waals surface area contributed by atoms with Gasteiger partial charge in [0.15, 0.2) is 0 Å². The Morgan fingerprint density at radius 2 is 1.92 bits per heavy atom. The topological polar surface area (TPSA) is 23.5 Å². The van der Waals surface area contributed by atoms with Crippen LogP contribution in [-0.4, -0.2) is 36.2 Å². The van der Waals surface area contributed by atoms with Crippen LogP contribution in [-0.2, 0) is 0 Å². The molecule has 0 aromatic rings. The zero-order chi connectivity index (χ0) is 9.84. The highest BCUT2D eigenvalue weighted by atomic mass is 16.3. The molecule has 0 radical (unpaired) electrons. The lowest BCUT2D eigenvalue weighted by Gasteiger charge is -2.42. The second-order valence-corrected chi connectivity index (χ2v) is 4.84. The molecule has 1 N–H and O–H groups in total. The van der Waals surface area contributed by atoms with E-state index in [1.807, 2.05) is 0 Å². The third kappa shape index (κ3) is 3.28. The maximum absolute atomic E-state index is 8.76. The van der Waals surface area contributed by atoms with E-state index >= 15 is 0 Å². The quantitative estimate of drug-likeness (QED) is 0.703. The SMILES string of the molecule is CC(CCO)CN1CC(C(C)C)C1. The molecule has 0 aromatic heterocycles. The van der Waals surface area contributed by atoms with Gasteiger partial charge in [-0.05, 0) is 24.2 Å². The summed E-state index contributed by atoms with van der Waals surface area (Å²) in [6.07, 6.45) is 0.947. The third-order valence-corrected chi connectivity index (χ3v) is 3.12. The highest BCUT2D eigenvalue weighted by Crippen LogP contribution is 2.24. The van der Waals surface area contributed by atoms with Crippen molar-refractivity contribution in [1.29, 1.82) is 0 Å². The molecule has 2 heteroatoms. The average molecular weight is 185 g/mol. The lowest BCUT2D eigenvalue weighted by atomic mass is 9.87. The second-order valence-electron chi connectivity index (χ2n) is 4.84. The monoisotopic (exact) mass is 185 g/mol. The summed E-state index contributed by atoms with van der Waals surface area (Å²) in [6.45, 7) is 10.9. The van der Waals surface area contributed by atoms with Gasteiger partial charge in [0.25, 0.3) is 0 Å². The number of rotatable bonds is 5. The predicted octanol–water partition coefficient (Wildman–Crippen LogP) is 1.59. The van der Waals surface area contributed by atoms with Gasteiger partial charge in [-0.3, -0.25) is 0 Å². The Kier molecular flexibility index (Phi) is 4.20. The van der Waals surface area contributed by atoms with Gasteiger partial charge in [-0.15, -0.1) is 0 Å². The number of hydrogen-bond acceptors (Lipinski definition) is 2. The summed E-state index contributed by atoms with van der Waals surface area (Å²) in [4.78, 5) is 2.50. The van der Waals surface area contributed by atoms with Crippen LogP contribution in [0.25, 0.3) is 0 Å². The molecule has 0 aromatic carbocycles. The fourth-order valence-corrected chi connectivity index (χ4v) is 1.93. The number of nitrogens with zero attached hydrogens (tertiary/aromatic N) is 1. The van der Waals surface area contributed by atoms with E-state index in [0.717, 1.165) is 18.3 Å². The van der Waals surface area contributed by atoms with Gasteiger partial charge in [-0.2, -0.15) is 0 Å². The molecule has 1 rings (SSSR count). The van der Waals surface area contributed by atoms with E-state index in [2.05, 4.69) is 25.7 Å². The Labute approximate surface area is 81.9 Å². The molecular formula is C11H23NO. The minimum absolute atomic E-state index is 0.336. The van der Waals surface area contributed by atoms with E-state index < -0.39 is 0 Å². The van der Waals surface area contributed by atoms with Gasteiger partial charge < -0.3 is 10.0 Å². The lowest BCUT2D eigenvalue weighted by Crippen LogP contribution is -2.50. The van der Waals surface area contributed by atoms with Crippen molar-refractivity contribution in [3.05, 3.63) is 0 Å². The molecule has 0 spiro atoms. The van der Waals surface area contributed by atoms with E-state index in [0.29, 0.717) is 12.5 Å². The molecule has 78 valence electrons. The van der Waals surface area contributed by atoms with Crippen LogP contribution in [0.3, 0.4) is 0 Å². The zero-order valence-electron chi connectivity index (χ0n) is 9.16. The number of likely N-dealkylation sites (tertiary alicyclic amines) is 1. The molecule has 13 heavy (non-hydrogen) atoms. The van der Waals surface area contributed by atoms with E-state index in [-0.39, 0.29) is 0 Å². The molecule has 1 fully saturated rings. The molecule has 0 bridgehead atoms. The molecule has 1 aliphatic rings. The number of hydrogen-bond donors (Lipinski definition) is 1. The van der Waals surface area contributed by atoms with E-state index in [1.165, 1.54) is 19.6 Å². The Morgan fingerprint density at radius 3 is 2.38 bits per heavy atom. The Morgan fingerprint density at radius 1 is 1.31 bits per heavy atom. The van der Waals surface area contributed by atoms with Crippen LogP contribution in [0.4, 0.5) is 0 Å². The maximum atomic E-state index is 8.76. The number of aliphatic hydroxyl groups excluding tert-OH is 1. The number of aliphatic hydroxyl groups is 1. The highest BCUT2D eigenvalue weighted by Gasteiger charge is 2.29. The van der Waals surface area contributed by atoms with Gasteiger partial charge in [0.2, 0.25) is 0 Å². The molecule has 1 saturated heterocycles. The van der Waals surface area contributed by atoms with Crippen LogP contribution in [0.5, 0.6) is 0 Å². The van der Waals surface area contributed by atoms with Crippen molar-refractivity contribution in [2.75, 3.05) is 26.2 Å². The van der Waals surface area contributed by atoms with Crippen molar-refractivity contribution in [2.24, 2.45) is 17.8 Å². The van der Waals surface area contributed by atoms with Crippen molar-refractivity contribution in [1.82, 2.24) is 4.90 Å². The highest BCUT2D eigenvalue weighted by molar-refractivity contribution is 4.82. The zero-order valence-corrected chi connectivity index (χ0v) is 9.16. The first-order chi connectivity index (χ1) is 6.13. The maximum Gasteiger partial charge on any atom is 0.0434 e. The summed E-state index contributed by atoms with van der Waals surface area (Å²) in [5, 5.41) is 8.76. The molecule has 0 aliphatic carbocycles. The van der Waals surface area contributed by atoms with Crippen LogP contribution in [0.15, 0.2) is 0 Å². The summed E-state index contributed by atoms with van der Waals surface area (Å²) < 4.78 is 0. The smallest absolute Gasteiger partial charge is 0.0434 e. The van der Waals surface area contributed by atoms with Gasteiger partial charge in [-0.1, -0.05) is 20.8 Å². The molecule has 0 saturated carbocycles. The van der Waals surface area contributed by atoms with Crippen LogP contribution in [0, 0.1) is 17.8 Å². The van der Waals surface area contributed by atoms with Gasteiger partial charge >= 0.3 is 0 Å². The molecular weight excluding hydrogens is 162 g/mol. The predicted molar refractivity (Wildman–Crippen MR) is 55.6 cm³/mol. The van der Waals surface area contributed by atoms with Crippen molar-refractivity contribution in [3.63, 3.8) is 0 Å². The van der Waals surface area contributed by atoms with Crippen molar-refractivity contribution < 1.29 is 5.11 Å². The van der Waals surface area contributed by atoms with Gasteiger partial charge in [0.05, 0.1) is 0 Å². The van der Waals surface area contributed by atoms with Crippen molar-refractivity contribution in [3.8, 4) is 0 Å². The van der Waals surface area contributed by atoms with E-state index in [4.69, 9.17) is 5.11 Å². The van der Waals surface area contributed by atoms with Gasteiger partial charge in [-0.25, -0.2) is 0 Å². The summed E-state index contributed by atoms with van der Waals surface area (Å²) in [7, 11) is 0. The fourth-order valence-electron chi connectivity index (χ4n) is 1.93. The van der Waals surface area contributed by atoms with Crippen LogP contribution in [0.2, 0.25) is 0 Å². The average Bonchev–Trinajstić information content (AvgIpc) is 1.95. The van der Waals surface area contributed by atoms with Crippen molar-refractivity contribution in [2.45, 2.75) is 27.2 Å². The molecule has 0 amide bonds. The minimum Gasteiger partial charge on any atom is -0.396 e. The van der Waals surface area contributed by atoms with Crippen LogP contribution in [0.1, 0.15) is 27.2 Å². The van der Waals surface area contributed by atoms with Gasteiger partial charge in [0, 0.05) is 26.2 Å². The third-order valence-electron chi connectivity index (χ3n) is 3.12. The first-order valence-corrected chi connectivity index (χ1v) is 5.46. The first kappa shape index (κ1) is 11.0. The van der Waals surface area contributed by atoms with Crippen molar-refractivity contribution >= 4 is 0 Å². The first-order valence-electron chi connectivity index (χ1n) is 5.46. The fraction of sp³-hybridized carbons (Fsp3) is 1.00.